The smallest absolute Gasteiger partial charge is 0.201 e. The molecule has 1 saturated carbocycles. The SMILES string of the molecule is CC.CC(=O)c1cn(C2CC2)c2nc(N3CC[C@@H](N)C3)c(F)cc2c1=O. The topological polar surface area (TPSA) is 81.2 Å². The van der Waals surface area contributed by atoms with Gasteiger partial charge in [0.25, 0.3) is 0 Å². The lowest BCUT2D eigenvalue weighted by Crippen LogP contribution is -2.28. The maximum Gasteiger partial charge on any atom is 0.201 e. The summed E-state index contributed by atoms with van der Waals surface area (Å²) in [4.78, 5) is 30.6. The highest BCUT2D eigenvalue weighted by Crippen LogP contribution is 2.37. The van der Waals surface area contributed by atoms with E-state index in [9.17, 15) is 14.0 Å². The van der Waals surface area contributed by atoms with Crippen LogP contribution in [-0.4, -0.2) is 34.5 Å². The molecule has 0 radical (unpaired) electrons. The Bertz CT molecular complexity index is 905. The standard InChI is InChI=1S/C17H19FN4O2.C2H6/c1-9(23)13-8-22(11-2-3-11)16-12(15(13)24)6-14(18)17(20-16)21-5-4-10(19)7-21;1-2/h6,8,10-11H,2-5,7,19H2,1H3;1-2H3/t10-;/m1./s1. The van der Waals surface area contributed by atoms with E-state index >= 15 is 0 Å². The van der Waals surface area contributed by atoms with Crippen molar-refractivity contribution in [3.05, 3.63) is 33.9 Å². The Kier molecular flexibility index (Phi) is 5.09. The highest BCUT2D eigenvalue weighted by atomic mass is 19.1. The van der Waals surface area contributed by atoms with Gasteiger partial charge >= 0.3 is 0 Å². The van der Waals surface area contributed by atoms with Gasteiger partial charge < -0.3 is 15.2 Å². The second-order valence-electron chi connectivity index (χ2n) is 6.73. The molecule has 1 saturated heterocycles. The molecule has 140 valence electrons. The van der Waals surface area contributed by atoms with Crippen LogP contribution in [0.4, 0.5) is 10.2 Å². The summed E-state index contributed by atoms with van der Waals surface area (Å²) in [5.41, 5.74) is 5.99. The summed E-state index contributed by atoms with van der Waals surface area (Å²) in [5, 5.41) is 0.166. The van der Waals surface area contributed by atoms with E-state index in [4.69, 9.17) is 5.73 Å². The van der Waals surface area contributed by atoms with Crippen molar-refractivity contribution in [2.75, 3.05) is 18.0 Å². The lowest BCUT2D eigenvalue weighted by molar-refractivity contribution is 0.101. The number of halogens is 1. The highest BCUT2D eigenvalue weighted by molar-refractivity contribution is 5.97. The van der Waals surface area contributed by atoms with Crippen LogP contribution in [0.3, 0.4) is 0 Å². The minimum absolute atomic E-state index is 0.00705. The number of fused-ring (bicyclic) bond motifs is 1. The number of nitrogens with zero attached hydrogens (tertiary/aromatic N) is 3. The number of hydrogen-bond donors (Lipinski definition) is 1. The zero-order chi connectivity index (χ0) is 19.0. The van der Waals surface area contributed by atoms with Gasteiger partial charge in [0.15, 0.2) is 17.4 Å². The van der Waals surface area contributed by atoms with Gasteiger partial charge in [0, 0.05) is 31.4 Å². The third-order valence-corrected chi connectivity index (χ3v) is 4.78. The maximum atomic E-state index is 14.6. The molecule has 2 aromatic heterocycles. The Balaban J connectivity index is 0.000000948. The predicted molar refractivity (Wildman–Crippen MR) is 100 cm³/mol. The first-order valence-electron chi connectivity index (χ1n) is 9.22. The molecule has 3 heterocycles. The minimum atomic E-state index is -0.545. The maximum absolute atomic E-state index is 14.6. The summed E-state index contributed by atoms with van der Waals surface area (Å²) in [6, 6.07) is 1.44. The fourth-order valence-electron chi connectivity index (χ4n) is 3.32. The summed E-state index contributed by atoms with van der Waals surface area (Å²) >= 11 is 0. The Morgan fingerprint density at radius 3 is 2.54 bits per heavy atom. The van der Waals surface area contributed by atoms with Crippen molar-refractivity contribution < 1.29 is 9.18 Å². The molecule has 2 aromatic rings. The number of anilines is 1. The normalized spacial score (nSPS) is 19.4. The van der Waals surface area contributed by atoms with Gasteiger partial charge in [0.1, 0.15) is 5.65 Å². The molecule has 2 aliphatic rings. The molecule has 0 unspecified atom stereocenters. The molecule has 2 N–H and O–H groups in total. The summed E-state index contributed by atoms with van der Waals surface area (Å²) in [5.74, 6) is -0.622. The third kappa shape index (κ3) is 3.23. The first kappa shape index (κ1) is 18.5. The van der Waals surface area contributed by atoms with Gasteiger partial charge in [-0.05, 0) is 32.3 Å². The third-order valence-electron chi connectivity index (χ3n) is 4.78. The molecule has 0 amide bonds. The molecule has 0 spiro atoms. The molecular formula is C19H25FN4O2. The van der Waals surface area contributed by atoms with Gasteiger partial charge in [-0.2, -0.15) is 0 Å². The Morgan fingerprint density at radius 2 is 2.00 bits per heavy atom. The van der Waals surface area contributed by atoms with Crippen LogP contribution < -0.4 is 16.1 Å². The molecule has 1 aliphatic carbocycles. The average molecular weight is 360 g/mol. The number of hydrogen-bond acceptors (Lipinski definition) is 5. The molecular weight excluding hydrogens is 335 g/mol. The van der Waals surface area contributed by atoms with E-state index in [2.05, 4.69) is 4.98 Å². The van der Waals surface area contributed by atoms with Gasteiger partial charge in [-0.1, -0.05) is 13.8 Å². The Morgan fingerprint density at radius 1 is 1.31 bits per heavy atom. The van der Waals surface area contributed by atoms with Gasteiger partial charge in [0.2, 0.25) is 5.43 Å². The van der Waals surface area contributed by atoms with Crippen LogP contribution in [0.15, 0.2) is 17.1 Å². The largest absolute Gasteiger partial charge is 0.353 e. The number of nitrogens with two attached hydrogens (primary N) is 1. The molecule has 0 aromatic carbocycles. The van der Waals surface area contributed by atoms with E-state index in [0.29, 0.717) is 18.7 Å². The second-order valence-corrected chi connectivity index (χ2v) is 6.73. The van der Waals surface area contributed by atoms with Crippen LogP contribution in [0.25, 0.3) is 11.0 Å². The fourth-order valence-corrected chi connectivity index (χ4v) is 3.32. The molecule has 7 heteroatoms. The Hall–Kier alpha value is -2.28. The quantitative estimate of drug-likeness (QED) is 0.851. The van der Waals surface area contributed by atoms with Gasteiger partial charge in [0.05, 0.1) is 10.9 Å². The van der Waals surface area contributed by atoms with E-state index < -0.39 is 11.2 Å². The van der Waals surface area contributed by atoms with Crippen molar-refractivity contribution >= 4 is 22.6 Å². The summed E-state index contributed by atoms with van der Waals surface area (Å²) in [6.07, 6.45) is 4.31. The summed E-state index contributed by atoms with van der Waals surface area (Å²) in [7, 11) is 0. The van der Waals surface area contributed by atoms with Crippen LogP contribution in [0.2, 0.25) is 0 Å². The number of ketones is 1. The van der Waals surface area contributed by atoms with E-state index in [1.54, 1.807) is 6.20 Å². The van der Waals surface area contributed by atoms with Crippen molar-refractivity contribution in [1.82, 2.24) is 9.55 Å². The number of carbonyl (C=O) groups excluding carboxylic acids is 1. The minimum Gasteiger partial charge on any atom is -0.353 e. The van der Waals surface area contributed by atoms with Crippen molar-refractivity contribution in [2.45, 2.75) is 52.1 Å². The van der Waals surface area contributed by atoms with Gasteiger partial charge in [-0.3, -0.25) is 9.59 Å². The molecule has 6 nitrogen and oxygen atoms in total. The van der Waals surface area contributed by atoms with Crippen LogP contribution in [0.5, 0.6) is 0 Å². The zero-order valence-corrected chi connectivity index (χ0v) is 15.5. The van der Waals surface area contributed by atoms with E-state index in [-0.39, 0.29) is 34.6 Å². The van der Waals surface area contributed by atoms with Crippen molar-refractivity contribution in [3.63, 3.8) is 0 Å². The predicted octanol–water partition coefficient (Wildman–Crippen LogP) is 2.64. The molecule has 1 atom stereocenters. The number of carbonyl (C=O) groups is 1. The van der Waals surface area contributed by atoms with Crippen molar-refractivity contribution in [2.24, 2.45) is 5.73 Å². The van der Waals surface area contributed by atoms with Crippen LogP contribution in [-0.2, 0) is 0 Å². The highest BCUT2D eigenvalue weighted by Gasteiger charge is 2.29. The number of rotatable bonds is 3. The van der Waals surface area contributed by atoms with Crippen molar-refractivity contribution in [3.8, 4) is 0 Å². The lowest BCUT2D eigenvalue weighted by Gasteiger charge is -2.19. The number of aromatic nitrogens is 2. The van der Waals surface area contributed by atoms with Crippen LogP contribution in [0.1, 0.15) is 56.4 Å². The van der Waals surface area contributed by atoms with E-state index in [1.165, 1.54) is 13.0 Å². The molecule has 2 fully saturated rings. The molecule has 4 rings (SSSR count). The number of Topliss-reactive ketones (excluding diaryl/α,β-unsaturated/α-hetero) is 1. The average Bonchev–Trinajstić information content (AvgIpc) is 3.37. The molecule has 26 heavy (non-hydrogen) atoms. The van der Waals surface area contributed by atoms with Gasteiger partial charge in [-0.15, -0.1) is 0 Å². The molecule has 0 bridgehead atoms. The van der Waals surface area contributed by atoms with E-state index in [0.717, 1.165) is 19.3 Å². The second kappa shape index (κ2) is 7.15. The van der Waals surface area contributed by atoms with Crippen LogP contribution in [0, 0.1) is 5.82 Å². The first-order chi connectivity index (χ1) is 12.5. The van der Waals surface area contributed by atoms with Crippen LogP contribution >= 0.6 is 0 Å². The lowest BCUT2D eigenvalue weighted by atomic mass is 10.1. The van der Waals surface area contributed by atoms with Crippen molar-refractivity contribution in [1.29, 1.82) is 0 Å². The summed E-state index contributed by atoms with van der Waals surface area (Å²) < 4.78 is 16.4. The monoisotopic (exact) mass is 360 g/mol. The van der Waals surface area contributed by atoms with Gasteiger partial charge in [-0.25, -0.2) is 9.37 Å². The number of pyridine rings is 2. The fraction of sp³-hybridized carbons (Fsp3) is 0.526. The van der Waals surface area contributed by atoms with E-state index in [1.807, 2.05) is 23.3 Å². The zero-order valence-electron chi connectivity index (χ0n) is 15.5. The first-order valence-corrected chi connectivity index (χ1v) is 9.22. The Labute approximate surface area is 151 Å². The summed E-state index contributed by atoms with van der Waals surface area (Å²) in [6.45, 7) is 6.55. The molecule has 1 aliphatic heterocycles.